The summed E-state index contributed by atoms with van der Waals surface area (Å²) in [6.07, 6.45) is 1.61. The highest BCUT2D eigenvalue weighted by atomic mass is 32.2. The zero-order valence-electron chi connectivity index (χ0n) is 20.1. The Bertz CT molecular complexity index is 1640. The van der Waals surface area contributed by atoms with Crippen LogP contribution in [0, 0.1) is 0 Å². The maximum Gasteiger partial charge on any atom is 0.279 e. The van der Waals surface area contributed by atoms with Gasteiger partial charge in [0.15, 0.2) is 16.3 Å². The molecule has 0 unspecified atom stereocenters. The quantitative estimate of drug-likeness (QED) is 0.392. The van der Waals surface area contributed by atoms with Crippen molar-refractivity contribution in [2.45, 2.75) is 17.7 Å². The second-order valence-corrected chi connectivity index (χ2v) is 11.2. The summed E-state index contributed by atoms with van der Waals surface area (Å²) in [7, 11) is 1.21. The van der Waals surface area contributed by atoms with E-state index in [1.54, 1.807) is 14.2 Å². The van der Waals surface area contributed by atoms with Gasteiger partial charge < -0.3 is 14.0 Å². The number of carbonyl (C=O) groups is 1. The van der Waals surface area contributed by atoms with E-state index in [1.165, 1.54) is 39.9 Å². The minimum absolute atomic E-state index is 0.141. The molecule has 0 aliphatic carbocycles. The van der Waals surface area contributed by atoms with Crippen LogP contribution in [0.25, 0.3) is 10.2 Å². The molecule has 186 valence electrons. The predicted octanol–water partition coefficient (Wildman–Crippen LogP) is 4.14. The van der Waals surface area contributed by atoms with Gasteiger partial charge in [-0.1, -0.05) is 29.5 Å². The van der Waals surface area contributed by atoms with Crippen LogP contribution in [-0.2, 0) is 23.5 Å². The van der Waals surface area contributed by atoms with Gasteiger partial charge in [-0.05, 0) is 48.7 Å². The van der Waals surface area contributed by atoms with Gasteiger partial charge >= 0.3 is 0 Å². The molecule has 1 aliphatic rings. The summed E-state index contributed by atoms with van der Waals surface area (Å²) >= 11 is 1.35. The SMILES string of the molecule is COc1cc2sc(=NC(=O)c3ccc(S(=O)(=O)N4CCCc5ccccc54)cc3)n(C)c2cc1OC. The molecular weight excluding hydrogens is 498 g/mol. The average molecular weight is 524 g/mol. The molecule has 36 heavy (non-hydrogen) atoms. The maximum atomic E-state index is 13.4. The Hall–Kier alpha value is -3.63. The zero-order valence-corrected chi connectivity index (χ0v) is 21.7. The molecule has 2 heterocycles. The van der Waals surface area contributed by atoms with E-state index in [-0.39, 0.29) is 4.90 Å². The second kappa shape index (κ2) is 9.44. The van der Waals surface area contributed by atoms with E-state index in [0.717, 1.165) is 28.6 Å². The van der Waals surface area contributed by atoms with Crippen LogP contribution in [0.4, 0.5) is 5.69 Å². The lowest BCUT2D eigenvalue weighted by Gasteiger charge is -2.30. The van der Waals surface area contributed by atoms with Crippen molar-refractivity contribution in [1.82, 2.24) is 4.57 Å². The highest BCUT2D eigenvalue weighted by Gasteiger charge is 2.29. The number of para-hydroxylation sites is 1. The fourth-order valence-electron chi connectivity index (χ4n) is 4.36. The number of fused-ring (bicyclic) bond motifs is 2. The molecule has 0 atom stereocenters. The topological polar surface area (TPSA) is 90.2 Å². The lowest BCUT2D eigenvalue weighted by atomic mass is 10.0. The normalized spacial score (nSPS) is 14.1. The van der Waals surface area contributed by atoms with Gasteiger partial charge in [-0.3, -0.25) is 9.10 Å². The summed E-state index contributed by atoms with van der Waals surface area (Å²) in [4.78, 5) is 17.9. The first-order chi connectivity index (χ1) is 17.3. The standard InChI is InChI=1S/C26H25N3O5S2/c1-28-21-15-22(33-2)23(34-3)16-24(21)35-26(28)27-25(30)18-10-12-19(13-11-18)36(31,32)29-14-6-8-17-7-4-5-9-20(17)29/h4-5,7,9-13,15-16H,6,8,14H2,1-3H3. The molecule has 1 aromatic heterocycles. The van der Waals surface area contributed by atoms with Crippen molar-refractivity contribution in [3.05, 3.63) is 76.6 Å². The third kappa shape index (κ3) is 4.16. The Kier molecular flexibility index (Phi) is 6.31. The van der Waals surface area contributed by atoms with Gasteiger partial charge in [0.1, 0.15) is 0 Å². The number of aromatic nitrogens is 1. The Labute approximate surface area is 213 Å². The molecule has 5 rings (SSSR count). The van der Waals surface area contributed by atoms with Gasteiger partial charge in [-0.2, -0.15) is 4.99 Å². The molecule has 3 aromatic carbocycles. The molecule has 0 fully saturated rings. The highest BCUT2D eigenvalue weighted by Crippen LogP contribution is 2.33. The van der Waals surface area contributed by atoms with Gasteiger partial charge in [-0.25, -0.2) is 8.42 Å². The minimum atomic E-state index is -3.75. The molecule has 0 N–H and O–H groups in total. The number of sulfonamides is 1. The second-order valence-electron chi connectivity index (χ2n) is 8.37. The van der Waals surface area contributed by atoms with E-state index in [4.69, 9.17) is 9.47 Å². The molecule has 8 nitrogen and oxygen atoms in total. The molecule has 4 aromatic rings. The fraction of sp³-hybridized carbons (Fsp3) is 0.231. The van der Waals surface area contributed by atoms with Crippen LogP contribution in [-0.4, -0.2) is 39.7 Å². The van der Waals surface area contributed by atoms with E-state index in [1.807, 2.05) is 48.0 Å². The molecule has 0 saturated carbocycles. The Morgan fingerprint density at radius 3 is 2.42 bits per heavy atom. The minimum Gasteiger partial charge on any atom is -0.493 e. The van der Waals surface area contributed by atoms with E-state index in [9.17, 15) is 13.2 Å². The van der Waals surface area contributed by atoms with E-state index in [2.05, 4.69) is 4.99 Å². The monoisotopic (exact) mass is 523 g/mol. The van der Waals surface area contributed by atoms with Crippen molar-refractivity contribution in [2.24, 2.45) is 12.0 Å². The van der Waals surface area contributed by atoms with Crippen molar-refractivity contribution in [3.63, 3.8) is 0 Å². The predicted molar refractivity (Wildman–Crippen MR) is 140 cm³/mol. The third-order valence-electron chi connectivity index (χ3n) is 6.27. The third-order valence-corrected chi connectivity index (χ3v) is 9.19. The highest BCUT2D eigenvalue weighted by molar-refractivity contribution is 7.92. The lowest BCUT2D eigenvalue weighted by Crippen LogP contribution is -2.35. The Morgan fingerprint density at radius 2 is 1.69 bits per heavy atom. The van der Waals surface area contributed by atoms with Crippen molar-refractivity contribution < 1.29 is 22.7 Å². The average Bonchev–Trinajstić information content (AvgIpc) is 3.21. The molecule has 0 bridgehead atoms. The van der Waals surface area contributed by atoms with Crippen LogP contribution >= 0.6 is 11.3 Å². The van der Waals surface area contributed by atoms with Crippen molar-refractivity contribution in [1.29, 1.82) is 0 Å². The zero-order chi connectivity index (χ0) is 25.4. The number of benzene rings is 3. The van der Waals surface area contributed by atoms with Gasteiger partial charge in [-0.15, -0.1) is 0 Å². The molecule has 1 amide bonds. The van der Waals surface area contributed by atoms with Crippen molar-refractivity contribution in [2.75, 3.05) is 25.1 Å². The van der Waals surface area contributed by atoms with Crippen molar-refractivity contribution in [3.8, 4) is 11.5 Å². The lowest BCUT2D eigenvalue weighted by molar-refractivity contribution is 0.0998. The van der Waals surface area contributed by atoms with Crippen molar-refractivity contribution >= 4 is 43.2 Å². The number of aryl methyl sites for hydroxylation is 2. The number of nitrogens with zero attached hydrogens (tertiary/aromatic N) is 3. The van der Waals surface area contributed by atoms with E-state index < -0.39 is 15.9 Å². The van der Waals surface area contributed by atoms with Gasteiger partial charge in [0.05, 0.1) is 35.0 Å². The van der Waals surface area contributed by atoms with Crippen LogP contribution < -0.4 is 18.6 Å². The van der Waals surface area contributed by atoms with Gasteiger partial charge in [0.2, 0.25) is 0 Å². The molecular formula is C26H25N3O5S2. The summed E-state index contributed by atoms with van der Waals surface area (Å²) < 4.78 is 41.6. The number of hydrogen-bond acceptors (Lipinski definition) is 6. The number of amides is 1. The summed E-state index contributed by atoms with van der Waals surface area (Å²) in [6.45, 7) is 0.424. The summed E-state index contributed by atoms with van der Waals surface area (Å²) in [5.41, 5.74) is 2.89. The smallest absolute Gasteiger partial charge is 0.279 e. The number of rotatable bonds is 5. The molecule has 1 aliphatic heterocycles. The number of methoxy groups -OCH3 is 2. The van der Waals surface area contributed by atoms with Crippen LogP contribution in [0.3, 0.4) is 0 Å². The van der Waals surface area contributed by atoms with E-state index in [0.29, 0.717) is 34.1 Å². The van der Waals surface area contributed by atoms with Crippen LogP contribution in [0.2, 0.25) is 0 Å². The number of carbonyl (C=O) groups excluding carboxylic acids is 1. The Balaban J connectivity index is 1.45. The molecule has 0 spiro atoms. The van der Waals surface area contributed by atoms with Gasteiger partial charge in [0, 0.05) is 31.3 Å². The summed E-state index contributed by atoms with van der Waals surface area (Å²) in [5.74, 6) is 0.727. The number of thiazole rings is 1. The molecule has 0 radical (unpaired) electrons. The van der Waals surface area contributed by atoms with Crippen LogP contribution in [0.15, 0.2) is 70.6 Å². The van der Waals surface area contributed by atoms with Gasteiger partial charge in [0.25, 0.3) is 15.9 Å². The largest absolute Gasteiger partial charge is 0.493 e. The number of hydrogen-bond donors (Lipinski definition) is 0. The maximum absolute atomic E-state index is 13.4. The summed E-state index contributed by atoms with van der Waals surface area (Å²) in [6, 6.07) is 17.2. The fourth-order valence-corrected chi connectivity index (χ4v) is 6.93. The van der Waals surface area contributed by atoms with Crippen LogP contribution in [0.5, 0.6) is 11.5 Å². The number of ether oxygens (including phenoxy) is 2. The number of anilines is 1. The summed E-state index contributed by atoms with van der Waals surface area (Å²) in [5, 5.41) is 0. The van der Waals surface area contributed by atoms with E-state index >= 15 is 0 Å². The Morgan fingerprint density at radius 1 is 1.00 bits per heavy atom. The first kappa shape index (κ1) is 24.1. The first-order valence-electron chi connectivity index (χ1n) is 11.3. The first-order valence-corrected chi connectivity index (χ1v) is 13.6. The molecule has 0 saturated heterocycles. The van der Waals surface area contributed by atoms with Crippen LogP contribution in [0.1, 0.15) is 22.3 Å². The molecule has 10 heteroatoms.